The molecule has 1 aliphatic heterocycles. The number of rotatable bonds is 4. The maximum absolute atomic E-state index is 11.5. The van der Waals surface area contributed by atoms with Crippen molar-refractivity contribution in [3.63, 3.8) is 0 Å². The van der Waals surface area contributed by atoms with E-state index in [1.165, 1.54) is 6.26 Å². The normalized spacial score (nSPS) is 19.1. The molecule has 0 amide bonds. The molecule has 1 aromatic rings. The van der Waals surface area contributed by atoms with Gasteiger partial charge in [-0.05, 0) is 49.9 Å². The zero-order valence-corrected chi connectivity index (χ0v) is 11.4. The molecule has 0 saturated carbocycles. The number of nitrogens with two attached hydrogens (primary N) is 1. The molecule has 100 valence electrons. The lowest BCUT2D eigenvalue weighted by atomic mass is 9.99. The molecule has 2 N–H and O–H groups in total. The third-order valence-electron chi connectivity index (χ3n) is 3.23. The maximum Gasteiger partial charge on any atom is 0.175 e. The Kier molecular flexibility index (Phi) is 3.92. The predicted molar refractivity (Wildman–Crippen MR) is 70.6 cm³/mol. The first-order valence-electron chi connectivity index (χ1n) is 6.20. The van der Waals surface area contributed by atoms with E-state index < -0.39 is 9.84 Å². The molecule has 18 heavy (non-hydrogen) atoms. The van der Waals surface area contributed by atoms with Gasteiger partial charge in [-0.25, -0.2) is 8.42 Å². The molecule has 0 aliphatic carbocycles. The quantitative estimate of drug-likeness (QED) is 0.899. The van der Waals surface area contributed by atoms with Gasteiger partial charge < -0.3 is 10.5 Å². The van der Waals surface area contributed by atoms with Crippen LogP contribution in [0.1, 0.15) is 24.8 Å². The van der Waals surface area contributed by atoms with Crippen molar-refractivity contribution >= 4 is 9.84 Å². The minimum atomic E-state index is -3.17. The number of ether oxygens (including phenoxy) is 1. The summed E-state index contributed by atoms with van der Waals surface area (Å²) in [5, 5.41) is 0. The standard InChI is InChI=1S/C13H19NO3S/c1-18(15,16)12-7-5-10-4-6-11(3-2-8-14)17-13(10)9-12/h5,7,9,11H,2-4,6,8,14H2,1H3. The predicted octanol–water partition coefficient (Wildman–Crippen LogP) is 1.52. The lowest BCUT2D eigenvalue weighted by molar-refractivity contribution is 0.161. The molecule has 0 aromatic heterocycles. The van der Waals surface area contributed by atoms with Crippen LogP contribution in [0.3, 0.4) is 0 Å². The van der Waals surface area contributed by atoms with E-state index in [0.29, 0.717) is 17.2 Å². The topological polar surface area (TPSA) is 69.4 Å². The van der Waals surface area contributed by atoms with Gasteiger partial charge in [0, 0.05) is 6.26 Å². The summed E-state index contributed by atoms with van der Waals surface area (Å²) in [4.78, 5) is 0.320. The van der Waals surface area contributed by atoms with Crippen molar-refractivity contribution in [1.29, 1.82) is 0 Å². The summed E-state index contributed by atoms with van der Waals surface area (Å²) < 4.78 is 28.9. The van der Waals surface area contributed by atoms with Crippen LogP contribution in [0.4, 0.5) is 0 Å². The molecule has 0 saturated heterocycles. The van der Waals surface area contributed by atoms with Crippen molar-refractivity contribution in [2.24, 2.45) is 5.73 Å². The van der Waals surface area contributed by atoms with E-state index in [0.717, 1.165) is 31.2 Å². The van der Waals surface area contributed by atoms with E-state index in [4.69, 9.17) is 10.5 Å². The summed E-state index contributed by atoms with van der Waals surface area (Å²) in [6, 6.07) is 5.14. The van der Waals surface area contributed by atoms with Gasteiger partial charge in [0.15, 0.2) is 9.84 Å². The highest BCUT2D eigenvalue weighted by Crippen LogP contribution is 2.31. The summed E-state index contributed by atoms with van der Waals surface area (Å²) in [6.45, 7) is 0.663. The van der Waals surface area contributed by atoms with E-state index in [1.54, 1.807) is 12.1 Å². The van der Waals surface area contributed by atoms with Gasteiger partial charge in [0.2, 0.25) is 0 Å². The van der Waals surface area contributed by atoms with Crippen molar-refractivity contribution in [3.8, 4) is 5.75 Å². The van der Waals surface area contributed by atoms with Crippen molar-refractivity contribution < 1.29 is 13.2 Å². The molecule has 2 rings (SSSR count). The summed E-state index contributed by atoms with van der Waals surface area (Å²) in [5.74, 6) is 0.714. The van der Waals surface area contributed by atoms with Crippen LogP contribution in [-0.2, 0) is 16.3 Å². The van der Waals surface area contributed by atoms with Gasteiger partial charge in [-0.3, -0.25) is 0 Å². The summed E-state index contributed by atoms with van der Waals surface area (Å²) in [7, 11) is -3.17. The molecule has 1 heterocycles. The van der Waals surface area contributed by atoms with Crippen LogP contribution in [0.25, 0.3) is 0 Å². The van der Waals surface area contributed by atoms with Gasteiger partial charge in [0.25, 0.3) is 0 Å². The molecular weight excluding hydrogens is 250 g/mol. The SMILES string of the molecule is CS(=O)(=O)c1ccc2c(c1)OC(CCCN)CC2. The lowest BCUT2D eigenvalue weighted by Gasteiger charge is -2.26. The van der Waals surface area contributed by atoms with Crippen molar-refractivity contribution in [2.45, 2.75) is 36.7 Å². The second-order valence-electron chi connectivity index (χ2n) is 4.75. The second kappa shape index (κ2) is 5.28. The van der Waals surface area contributed by atoms with E-state index >= 15 is 0 Å². The number of sulfone groups is 1. The fourth-order valence-corrected chi connectivity index (χ4v) is 2.82. The highest BCUT2D eigenvalue weighted by molar-refractivity contribution is 7.90. The van der Waals surface area contributed by atoms with Crippen LogP contribution in [0.2, 0.25) is 0 Å². The maximum atomic E-state index is 11.5. The second-order valence-corrected chi connectivity index (χ2v) is 6.77. The Labute approximate surface area is 108 Å². The lowest BCUT2D eigenvalue weighted by Crippen LogP contribution is -2.23. The third-order valence-corrected chi connectivity index (χ3v) is 4.34. The smallest absolute Gasteiger partial charge is 0.175 e. The third kappa shape index (κ3) is 3.03. The first kappa shape index (κ1) is 13.4. The van der Waals surface area contributed by atoms with Crippen molar-refractivity contribution in [2.75, 3.05) is 12.8 Å². The van der Waals surface area contributed by atoms with Crippen LogP contribution >= 0.6 is 0 Å². The van der Waals surface area contributed by atoms with Crippen LogP contribution in [-0.4, -0.2) is 27.3 Å². The zero-order valence-electron chi connectivity index (χ0n) is 10.6. The summed E-state index contributed by atoms with van der Waals surface area (Å²) >= 11 is 0. The number of hydrogen-bond acceptors (Lipinski definition) is 4. The number of aryl methyl sites for hydroxylation is 1. The Balaban J connectivity index is 2.19. The fraction of sp³-hybridized carbons (Fsp3) is 0.538. The van der Waals surface area contributed by atoms with Gasteiger partial charge in [0.05, 0.1) is 11.0 Å². The van der Waals surface area contributed by atoms with E-state index in [2.05, 4.69) is 0 Å². The monoisotopic (exact) mass is 269 g/mol. The Morgan fingerprint density at radius 2 is 2.22 bits per heavy atom. The number of hydrogen-bond donors (Lipinski definition) is 1. The van der Waals surface area contributed by atoms with Crippen LogP contribution < -0.4 is 10.5 Å². The highest BCUT2D eigenvalue weighted by atomic mass is 32.2. The average molecular weight is 269 g/mol. The molecule has 0 radical (unpaired) electrons. The van der Waals surface area contributed by atoms with E-state index in [9.17, 15) is 8.42 Å². The molecular formula is C13H19NO3S. The van der Waals surface area contributed by atoms with Gasteiger partial charge in [-0.2, -0.15) is 0 Å². The molecule has 5 heteroatoms. The van der Waals surface area contributed by atoms with E-state index in [1.807, 2.05) is 6.07 Å². The molecule has 1 aromatic carbocycles. The first-order chi connectivity index (χ1) is 8.50. The Morgan fingerprint density at radius 3 is 2.89 bits per heavy atom. The molecule has 0 bridgehead atoms. The molecule has 1 aliphatic rings. The molecule has 1 atom stereocenters. The largest absolute Gasteiger partial charge is 0.490 e. The summed E-state index contributed by atoms with van der Waals surface area (Å²) in [6.07, 6.45) is 5.16. The first-order valence-corrected chi connectivity index (χ1v) is 8.09. The van der Waals surface area contributed by atoms with E-state index in [-0.39, 0.29) is 6.10 Å². The highest BCUT2D eigenvalue weighted by Gasteiger charge is 2.21. The van der Waals surface area contributed by atoms with Gasteiger partial charge >= 0.3 is 0 Å². The molecule has 0 spiro atoms. The Morgan fingerprint density at radius 1 is 1.44 bits per heavy atom. The van der Waals surface area contributed by atoms with Crippen LogP contribution in [0.5, 0.6) is 5.75 Å². The van der Waals surface area contributed by atoms with Crippen molar-refractivity contribution in [1.82, 2.24) is 0 Å². The van der Waals surface area contributed by atoms with Crippen LogP contribution in [0.15, 0.2) is 23.1 Å². The van der Waals surface area contributed by atoms with Gasteiger partial charge in [-0.1, -0.05) is 6.07 Å². The minimum Gasteiger partial charge on any atom is -0.490 e. The minimum absolute atomic E-state index is 0.163. The molecule has 4 nitrogen and oxygen atoms in total. The fourth-order valence-electron chi connectivity index (χ4n) is 2.19. The van der Waals surface area contributed by atoms with Crippen molar-refractivity contribution in [3.05, 3.63) is 23.8 Å². The molecule has 1 unspecified atom stereocenters. The summed E-state index contributed by atoms with van der Waals surface area (Å²) in [5.41, 5.74) is 6.58. The van der Waals surface area contributed by atoms with Gasteiger partial charge in [-0.15, -0.1) is 0 Å². The Hall–Kier alpha value is -1.07. The average Bonchev–Trinajstić information content (AvgIpc) is 2.34. The zero-order chi connectivity index (χ0) is 13.2. The van der Waals surface area contributed by atoms with Crippen LogP contribution in [0, 0.1) is 0 Å². The Bertz CT molecular complexity index is 525. The number of fused-ring (bicyclic) bond motifs is 1. The molecule has 0 fully saturated rings. The number of benzene rings is 1. The van der Waals surface area contributed by atoms with Gasteiger partial charge in [0.1, 0.15) is 5.75 Å².